The highest BCUT2D eigenvalue weighted by Gasteiger charge is 2.41. The van der Waals surface area contributed by atoms with Crippen molar-refractivity contribution in [2.75, 3.05) is 39.1 Å². The molecule has 1 aromatic rings. The topological polar surface area (TPSA) is 75.3 Å². The summed E-state index contributed by atoms with van der Waals surface area (Å²) in [7, 11) is 4.05. The average Bonchev–Trinajstić information content (AvgIpc) is 2.58. The molecule has 7 heteroatoms. The van der Waals surface area contributed by atoms with Crippen molar-refractivity contribution < 1.29 is 4.79 Å². The molecule has 0 fully saturated rings. The van der Waals surface area contributed by atoms with Crippen molar-refractivity contribution >= 4 is 19.9 Å². The maximum atomic E-state index is 11.9. The Morgan fingerprint density at radius 3 is 2.04 bits per heavy atom. The molecule has 0 unspecified atom stereocenters. The highest BCUT2D eigenvalue weighted by Crippen LogP contribution is 2.40. The molecule has 6 nitrogen and oxygen atoms in total. The third-order valence-corrected chi connectivity index (χ3v) is 11.8. The van der Waals surface area contributed by atoms with Gasteiger partial charge < -0.3 is 15.5 Å². The number of amides is 1. The number of hydrogen-bond donors (Lipinski definition) is 1. The maximum Gasteiger partial charge on any atom is 0.253 e. The first-order valence-electron chi connectivity index (χ1n) is 9.99. The fourth-order valence-electron chi connectivity index (χ4n) is 3.88. The Labute approximate surface area is 171 Å². The van der Waals surface area contributed by atoms with Gasteiger partial charge in [-0.05, 0) is 30.7 Å². The second-order valence-corrected chi connectivity index (χ2v) is 14.2. The molecule has 0 aliphatic carbocycles. The smallest absolute Gasteiger partial charge is 0.253 e. The minimum absolute atomic E-state index is 0.288. The van der Waals surface area contributed by atoms with Crippen LogP contribution in [-0.2, 0) is 0 Å². The van der Waals surface area contributed by atoms with E-state index < -0.39 is 14.0 Å². The summed E-state index contributed by atoms with van der Waals surface area (Å²) < 4.78 is 0. The van der Waals surface area contributed by atoms with E-state index in [1.807, 2.05) is 26.0 Å². The van der Waals surface area contributed by atoms with Gasteiger partial charge in [-0.3, -0.25) is 4.79 Å². The van der Waals surface area contributed by atoms with E-state index >= 15 is 0 Å². The van der Waals surface area contributed by atoms with E-state index in [1.165, 1.54) is 6.20 Å². The second kappa shape index (κ2) is 10.0. The van der Waals surface area contributed by atoms with Gasteiger partial charge in [0.25, 0.3) is 5.91 Å². The summed E-state index contributed by atoms with van der Waals surface area (Å²) >= 11 is 0. The largest absolute Gasteiger partial charge is 0.365 e. The number of anilines is 1. The quantitative estimate of drug-likeness (QED) is 0.533. The maximum absolute atomic E-state index is 11.9. The van der Waals surface area contributed by atoms with Gasteiger partial charge in [0.05, 0.1) is 5.56 Å². The van der Waals surface area contributed by atoms with Gasteiger partial charge in [0.2, 0.25) is 5.95 Å². The lowest BCUT2D eigenvalue weighted by molar-refractivity contribution is 0.0999. The molecule has 0 aromatic carbocycles. The van der Waals surface area contributed by atoms with Crippen molar-refractivity contribution in [1.29, 1.82) is 0 Å². The van der Waals surface area contributed by atoms with Crippen molar-refractivity contribution in [3.8, 4) is 11.5 Å². The molecule has 1 heterocycles. The minimum atomic E-state index is -1.94. The fourth-order valence-corrected chi connectivity index (χ4v) is 9.08. The van der Waals surface area contributed by atoms with Gasteiger partial charge in [-0.25, -0.2) is 9.97 Å². The number of rotatable bonds is 8. The van der Waals surface area contributed by atoms with Crippen LogP contribution in [-0.4, -0.2) is 63.1 Å². The van der Waals surface area contributed by atoms with Crippen LogP contribution in [0.5, 0.6) is 0 Å². The third kappa shape index (κ3) is 5.55. The molecule has 2 N–H and O–H groups in total. The SMILES string of the molecule is CC(C)[Si](C#Cc1nc(N(C)CCN(C)C)ncc1C(N)=O)(C(C)C)C(C)C. The first-order chi connectivity index (χ1) is 12.9. The van der Waals surface area contributed by atoms with Gasteiger partial charge >= 0.3 is 0 Å². The van der Waals surface area contributed by atoms with Crippen LogP contribution in [0.25, 0.3) is 0 Å². The molecule has 0 aliphatic rings. The Morgan fingerprint density at radius 2 is 1.61 bits per heavy atom. The van der Waals surface area contributed by atoms with Gasteiger partial charge in [-0.1, -0.05) is 47.5 Å². The summed E-state index contributed by atoms with van der Waals surface area (Å²) in [6, 6.07) is 0. The lowest BCUT2D eigenvalue weighted by atomic mass is 10.2. The zero-order valence-corrected chi connectivity index (χ0v) is 20.0. The van der Waals surface area contributed by atoms with Crippen LogP contribution in [0.3, 0.4) is 0 Å². The van der Waals surface area contributed by atoms with Gasteiger partial charge in [0.1, 0.15) is 13.8 Å². The number of carbonyl (C=O) groups is 1. The Hall–Kier alpha value is -1.91. The average molecular weight is 404 g/mol. The van der Waals surface area contributed by atoms with E-state index in [0.29, 0.717) is 28.3 Å². The Kier molecular flexibility index (Phi) is 8.65. The van der Waals surface area contributed by atoms with Gasteiger partial charge in [0.15, 0.2) is 0 Å². The normalized spacial score (nSPS) is 11.9. The molecule has 0 atom stereocenters. The number of aromatic nitrogens is 2. The van der Waals surface area contributed by atoms with Crippen LogP contribution in [0.4, 0.5) is 5.95 Å². The summed E-state index contributed by atoms with van der Waals surface area (Å²) in [5.74, 6) is 3.28. The van der Waals surface area contributed by atoms with E-state index in [2.05, 4.69) is 67.9 Å². The summed E-state index contributed by atoms with van der Waals surface area (Å²) in [6.07, 6.45) is 1.50. The Balaban J connectivity index is 3.44. The standard InChI is InChI=1S/C21H37N5OSi/c1-15(2)28(16(3)4,17(5)6)13-10-19-18(20(22)27)14-23-21(24-19)26(9)12-11-25(7)8/h14-17H,11-12H2,1-9H3,(H2,22,27). The van der Waals surface area contributed by atoms with Crippen molar-refractivity contribution in [2.24, 2.45) is 5.73 Å². The molecule has 0 saturated carbocycles. The Bertz CT molecular complexity index is 712. The lowest BCUT2D eigenvalue weighted by Gasteiger charge is -2.38. The molecule has 0 saturated heterocycles. The van der Waals surface area contributed by atoms with E-state index in [4.69, 9.17) is 5.73 Å². The van der Waals surface area contributed by atoms with Crippen molar-refractivity contribution in [3.63, 3.8) is 0 Å². The zero-order valence-electron chi connectivity index (χ0n) is 19.0. The molecule has 156 valence electrons. The van der Waals surface area contributed by atoms with Crippen LogP contribution in [0, 0.1) is 11.5 Å². The van der Waals surface area contributed by atoms with Gasteiger partial charge in [0, 0.05) is 26.3 Å². The first-order valence-corrected chi connectivity index (χ1v) is 12.2. The third-order valence-electron chi connectivity index (χ3n) is 5.53. The van der Waals surface area contributed by atoms with Crippen molar-refractivity contribution in [2.45, 2.75) is 58.2 Å². The van der Waals surface area contributed by atoms with E-state index in [1.54, 1.807) is 0 Å². The zero-order chi connectivity index (χ0) is 21.6. The number of hydrogen-bond acceptors (Lipinski definition) is 5. The monoisotopic (exact) mass is 403 g/mol. The minimum Gasteiger partial charge on any atom is -0.365 e. The van der Waals surface area contributed by atoms with Crippen LogP contribution >= 0.6 is 0 Å². The number of nitrogens with two attached hydrogens (primary N) is 1. The van der Waals surface area contributed by atoms with Crippen LogP contribution in [0.15, 0.2) is 6.20 Å². The lowest BCUT2D eigenvalue weighted by Crippen LogP contribution is -2.43. The summed E-state index contributed by atoms with van der Waals surface area (Å²) in [4.78, 5) is 24.9. The van der Waals surface area contributed by atoms with Gasteiger partial charge in [-0.2, -0.15) is 0 Å². The number of likely N-dealkylation sites (N-methyl/N-ethyl adjacent to an activating group) is 2. The predicted molar refractivity (Wildman–Crippen MR) is 120 cm³/mol. The van der Waals surface area contributed by atoms with E-state index in [-0.39, 0.29) is 5.56 Å². The summed E-state index contributed by atoms with van der Waals surface area (Å²) in [5, 5.41) is 0. The van der Waals surface area contributed by atoms with E-state index in [9.17, 15) is 4.79 Å². The molecule has 1 aromatic heterocycles. The predicted octanol–water partition coefficient (Wildman–Crippen LogP) is 3.14. The fraction of sp³-hybridized carbons (Fsp3) is 0.667. The van der Waals surface area contributed by atoms with Crippen LogP contribution in [0.1, 0.15) is 57.6 Å². The first kappa shape index (κ1) is 24.1. The van der Waals surface area contributed by atoms with Crippen molar-refractivity contribution in [1.82, 2.24) is 14.9 Å². The molecule has 0 radical (unpaired) electrons. The molecule has 0 bridgehead atoms. The molecular formula is C21H37N5OSi. The summed E-state index contributed by atoms with van der Waals surface area (Å²) in [5.41, 5.74) is 11.4. The highest BCUT2D eigenvalue weighted by molar-refractivity contribution is 6.90. The highest BCUT2D eigenvalue weighted by atomic mass is 28.3. The molecule has 1 rings (SSSR count). The van der Waals surface area contributed by atoms with Gasteiger partial charge in [-0.15, -0.1) is 5.54 Å². The second-order valence-electron chi connectivity index (χ2n) is 8.67. The number of nitrogens with zero attached hydrogens (tertiary/aromatic N) is 4. The molecular weight excluding hydrogens is 366 g/mol. The van der Waals surface area contributed by atoms with Crippen LogP contribution in [0.2, 0.25) is 16.6 Å². The number of carbonyl (C=O) groups excluding carboxylic acids is 1. The van der Waals surface area contributed by atoms with Crippen molar-refractivity contribution in [3.05, 3.63) is 17.5 Å². The molecule has 0 aliphatic heterocycles. The Morgan fingerprint density at radius 1 is 1.07 bits per heavy atom. The van der Waals surface area contributed by atoms with E-state index in [0.717, 1.165) is 13.1 Å². The molecule has 1 amide bonds. The molecule has 28 heavy (non-hydrogen) atoms. The molecule has 0 spiro atoms. The number of primary amides is 1. The van der Waals surface area contributed by atoms with Crippen LogP contribution < -0.4 is 10.6 Å². The summed E-state index contributed by atoms with van der Waals surface area (Å²) in [6.45, 7) is 15.2.